The van der Waals surface area contributed by atoms with Crippen LogP contribution in [0.15, 0.2) is 72.9 Å². The summed E-state index contributed by atoms with van der Waals surface area (Å²) in [7, 11) is 0. The highest BCUT2D eigenvalue weighted by Crippen LogP contribution is 2.35. The lowest BCUT2D eigenvalue weighted by Gasteiger charge is -2.35. The number of nitrogens with two attached hydrogens (primary N) is 1. The van der Waals surface area contributed by atoms with Gasteiger partial charge in [0.15, 0.2) is 11.5 Å². The highest BCUT2D eigenvalue weighted by atomic mass is 32.2. The Morgan fingerprint density at radius 3 is 2.14 bits per heavy atom. The molecule has 16 N–H and O–H groups in total. The Bertz CT molecular complexity index is 3620. The van der Waals surface area contributed by atoms with Crippen LogP contribution in [0.5, 0.6) is 17.2 Å². The van der Waals surface area contributed by atoms with E-state index < -0.39 is 183 Å². The van der Waals surface area contributed by atoms with Gasteiger partial charge < -0.3 is 96.6 Å². The molecular weight excluding hydrogens is 1340 g/mol. The van der Waals surface area contributed by atoms with Crippen LogP contribution in [-0.4, -0.2) is 254 Å². The van der Waals surface area contributed by atoms with Gasteiger partial charge in [-0.1, -0.05) is 45.8 Å². The minimum atomic E-state index is -2.53. The van der Waals surface area contributed by atoms with Crippen LogP contribution in [0.1, 0.15) is 88.2 Å². The first-order valence-corrected chi connectivity index (χ1v) is 33.5. The Balaban J connectivity index is 0.933. The van der Waals surface area contributed by atoms with E-state index in [0.717, 1.165) is 85.1 Å². The maximum absolute atomic E-state index is 14.7. The number of imidazole rings is 1. The first-order valence-electron chi connectivity index (χ1n) is 32.1. The minimum Gasteiger partial charge on any atom is -0.504 e. The molecule has 6 heterocycles. The van der Waals surface area contributed by atoms with Gasteiger partial charge in [0.1, 0.15) is 59.2 Å². The van der Waals surface area contributed by atoms with Gasteiger partial charge >= 0.3 is 0 Å². The second-order valence-electron chi connectivity index (χ2n) is 25.1. The molecule has 34 nitrogen and oxygen atoms in total. The molecule has 0 spiro atoms. The zero-order chi connectivity index (χ0) is 71.5. The Hall–Kier alpha value is -8.21. The normalized spacial score (nSPS) is 26.8. The smallest absolute Gasteiger partial charge is 0.261 e. The van der Waals surface area contributed by atoms with Crippen LogP contribution in [0.25, 0.3) is 26.8 Å². The van der Waals surface area contributed by atoms with E-state index in [0.29, 0.717) is 27.8 Å². The summed E-state index contributed by atoms with van der Waals surface area (Å²) in [6.07, 6.45) is -10.9. The van der Waals surface area contributed by atoms with Crippen LogP contribution in [0.3, 0.4) is 0 Å². The van der Waals surface area contributed by atoms with E-state index in [1.807, 2.05) is 24.3 Å². The number of amides is 8. The summed E-state index contributed by atoms with van der Waals surface area (Å²) in [6.45, 7) is 8.41. The van der Waals surface area contributed by atoms with E-state index in [4.69, 9.17) is 34.7 Å². The van der Waals surface area contributed by atoms with Crippen molar-refractivity contribution in [1.29, 1.82) is 0 Å². The maximum Gasteiger partial charge on any atom is 0.261 e. The molecule has 0 radical (unpaired) electrons. The van der Waals surface area contributed by atoms with Gasteiger partial charge in [-0.2, -0.15) is 5.10 Å². The fourth-order valence-electron chi connectivity index (χ4n) is 12.4. The molecule has 0 aliphatic carbocycles. The van der Waals surface area contributed by atoms with Gasteiger partial charge in [0.25, 0.3) is 18.2 Å². The molecule has 538 valence electrons. The maximum atomic E-state index is 14.7. The monoisotopic (exact) mass is 1420 g/mol. The van der Waals surface area contributed by atoms with E-state index >= 15 is 0 Å². The molecule has 16 atom stereocenters. The molecule has 5 aromatic rings. The summed E-state index contributed by atoms with van der Waals surface area (Å²) < 4.78 is 22.7. The number of hydrogen-bond donors (Lipinski definition) is 15. The van der Waals surface area contributed by atoms with Crippen molar-refractivity contribution < 1.29 is 107 Å². The SMILES string of the molecule is CC(O)C1NC(=O)[C@@H](NC(=O)c2ccc(-c3cn4nc(-c5ccc(OCCCCCN6C[C@@H](C)O[C@@H](C)C6)cc5)sc4n3)cc2)CC(O)CNC(=O)C2C(O)C(C)CN2C(=O)C(C(O)CC(N)=O)NC(=O)C(C(O)C(O)c2ccc(O)c(OSOOO)c2)NC(=O)C2CC(O)CN2C1=O. The molecule has 4 saturated heterocycles. The van der Waals surface area contributed by atoms with Gasteiger partial charge in [0.2, 0.25) is 46.3 Å². The number of carbonyl (C=O) groups is 8. The topological polar surface area (TPSA) is 491 Å². The van der Waals surface area contributed by atoms with E-state index in [-0.39, 0.29) is 35.7 Å². The third-order valence-corrected chi connectivity index (χ3v) is 18.7. The molecule has 9 rings (SSSR count). The molecule has 8 amide bonds. The third kappa shape index (κ3) is 18.8. The number of ether oxygens (including phenoxy) is 2. The number of β-amino-alcohol motifs (C(OH)–C–C–N with tert-alkyl or cyclic N) is 1. The predicted octanol–water partition coefficient (Wildman–Crippen LogP) is -1.83. The molecule has 99 heavy (non-hydrogen) atoms. The summed E-state index contributed by atoms with van der Waals surface area (Å²) in [6, 6.07) is 4.29. The van der Waals surface area contributed by atoms with Crippen molar-refractivity contribution in [3.8, 4) is 39.1 Å². The largest absolute Gasteiger partial charge is 0.504 e. The van der Waals surface area contributed by atoms with Gasteiger partial charge in [0, 0.05) is 68.2 Å². The number of nitrogens with one attached hydrogen (secondary N) is 5. The Morgan fingerprint density at radius 1 is 0.788 bits per heavy atom. The lowest BCUT2D eigenvalue weighted by Crippen LogP contribution is -2.64. The molecule has 13 unspecified atom stereocenters. The van der Waals surface area contributed by atoms with E-state index in [9.17, 15) is 79.2 Å². The van der Waals surface area contributed by atoms with E-state index in [1.54, 1.807) is 22.8 Å². The molecule has 36 heteroatoms. The fourth-order valence-corrected chi connectivity index (χ4v) is 13.5. The van der Waals surface area contributed by atoms with E-state index in [2.05, 4.69) is 54.7 Å². The Labute approximate surface area is 574 Å². The molecule has 2 aromatic heterocycles. The van der Waals surface area contributed by atoms with Crippen LogP contribution in [0.2, 0.25) is 0 Å². The summed E-state index contributed by atoms with van der Waals surface area (Å²) in [5.74, 6) is -11.2. The number of hydrogen-bond acceptors (Lipinski definition) is 27. The molecular formula is C63H82N12O22S2. The second kappa shape index (κ2) is 33.8. The summed E-state index contributed by atoms with van der Waals surface area (Å²) >= 11 is 1.33. The number of primary amides is 1. The second-order valence-corrected chi connectivity index (χ2v) is 26.5. The number of aliphatic hydroxyl groups is 7. The molecule has 4 aliphatic rings. The number of aromatic nitrogens is 3. The number of nitrogens with zero attached hydrogens (tertiary/aromatic N) is 6. The number of phenolic OH excluding ortho intramolecular Hbond substituents is 1. The molecule has 0 bridgehead atoms. The molecule has 4 aliphatic heterocycles. The van der Waals surface area contributed by atoms with Crippen molar-refractivity contribution in [2.24, 2.45) is 11.7 Å². The van der Waals surface area contributed by atoms with Crippen LogP contribution in [-0.2, 0) is 47.7 Å². The quantitative estimate of drug-likeness (QED) is 0.0157. The average Bonchev–Trinajstić information content (AvgIpc) is 1.68. The first kappa shape index (κ1) is 75.0. The molecule has 3 aromatic carbocycles. The average molecular weight is 1420 g/mol. The number of rotatable bonds is 22. The zero-order valence-electron chi connectivity index (χ0n) is 54.3. The van der Waals surface area contributed by atoms with Gasteiger partial charge in [-0.3, -0.25) is 43.3 Å². The van der Waals surface area contributed by atoms with Crippen LogP contribution < -0.4 is 41.2 Å². The van der Waals surface area contributed by atoms with Crippen molar-refractivity contribution in [3.63, 3.8) is 0 Å². The van der Waals surface area contributed by atoms with Gasteiger partial charge in [-0.25, -0.2) is 14.8 Å². The number of fused-ring (bicyclic) bond motifs is 3. The third-order valence-electron chi connectivity index (χ3n) is 17.4. The highest BCUT2D eigenvalue weighted by Gasteiger charge is 2.50. The first-order chi connectivity index (χ1) is 47.2. The molecule has 0 saturated carbocycles. The van der Waals surface area contributed by atoms with Gasteiger partial charge in [-0.05, 0) is 101 Å². The number of carbonyl (C=O) groups excluding carboxylic acids is 8. The standard InChI is InChI=1S/C63H82N12O22S2/c1-30-25-74-51(52(30)82)59(89)65-24-38(77)21-41(66-55(85)35-10-8-34(9-11-35)42-29-75-63(67-42)98-60(71-75)36-12-15-40(16-13-36)93-19-7-5-6-18-72-26-31(2)94-32(3)27-72)56(86)68-48(33(4)76)61(90)73-28-39(78)22-43(73)57(87)70-50(58(88)69-49(62(74)91)45(80)23-47(64)81)54(84)53(83)37-14-17-44(79)46(20-37)95-99-97-96-92/h8-17,20,29-33,38-39,41,43,45,48-54,76-80,82-84,92H,5-7,18-19,21-28H2,1-4H3,(H2,64,81)(H,65,89)(H,66,85)(H,68,86)(H,69,88)(H,70,87)/t30?,31-,32+,33?,38?,39?,41-,43?,45?,48?,49?,50?,51?,52?,53?,54?/m0/s1. The molecule has 4 fully saturated rings. The fraction of sp³-hybridized carbons (Fsp3) is 0.524. The van der Waals surface area contributed by atoms with Crippen LogP contribution >= 0.6 is 23.7 Å². The van der Waals surface area contributed by atoms with Gasteiger partial charge in [0.05, 0.1) is 67.6 Å². The van der Waals surface area contributed by atoms with Crippen molar-refractivity contribution in [3.05, 3.63) is 84.1 Å². The lowest BCUT2D eigenvalue weighted by atomic mass is 9.96. The number of unbranched alkanes of at least 4 members (excludes halogenated alkanes) is 2. The number of aromatic hydroxyl groups is 1. The number of aliphatic hydroxyl groups excluding tert-OH is 7. The van der Waals surface area contributed by atoms with Crippen LogP contribution in [0, 0.1) is 5.92 Å². The summed E-state index contributed by atoms with van der Waals surface area (Å²) in [4.78, 5) is 123. The summed E-state index contributed by atoms with van der Waals surface area (Å²) in [5, 5.41) is 120. The number of morpholine rings is 1. The van der Waals surface area contributed by atoms with Crippen LogP contribution in [0.4, 0.5) is 0 Å². The van der Waals surface area contributed by atoms with Crippen molar-refractivity contribution >= 4 is 75.9 Å². The minimum absolute atomic E-state index is 0.0140. The zero-order valence-corrected chi connectivity index (χ0v) is 55.9. The van der Waals surface area contributed by atoms with Gasteiger partial charge in [-0.15, -0.1) is 0 Å². The Morgan fingerprint density at radius 2 is 1.46 bits per heavy atom. The van der Waals surface area contributed by atoms with Crippen molar-refractivity contribution in [1.82, 2.24) is 55.9 Å². The number of benzene rings is 3. The van der Waals surface area contributed by atoms with Crippen molar-refractivity contribution in [2.45, 2.75) is 157 Å². The lowest BCUT2D eigenvalue weighted by molar-refractivity contribution is -0.433. The number of phenols is 1. The predicted molar refractivity (Wildman–Crippen MR) is 349 cm³/mol. The van der Waals surface area contributed by atoms with E-state index in [1.165, 1.54) is 30.4 Å². The summed E-state index contributed by atoms with van der Waals surface area (Å²) in [5.41, 5.74) is 6.97. The Kier molecular flexibility index (Phi) is 25.6. The van der Waals surface area contributed by atoms with Crippen molar-refractivity contribution in [2.75, 3.05) is 45.9 Å². The highest BCUT2D eigenvalue weighted by molar-refractivity contribution is 7.90.